The molecule has 2 aliphatic rings. The van der Waals surface area contributed by atoms with Crippen LogP contribution in [0.1, 0.15) is 43.6 Å². The summed E-state index contributed by atoms with van der Waals surface area (Å²) in [5.74, 6) is 1.77. The van der Waals surface area contributed by atoms with Crippen LogP contribution in [-0.2, 0) is 4.79 Å². The van der Waals surface area contributed by atoms with Gasteiger partial charge in [-0.3, -0.25) is 5.43 Å². The average Bonchev–Trinajstić information content (AvgIpc) is 3.12. The van der Waals surface area contributed by atoms with Crippen molar-refractivity contribution >= 4 is 5.97 Å². The number of hydrazine groups is 1. The van der Waals surface area contributed by atoms with Crippen molar-refractivity contribution < 1.29 is 23.4 Å². The van der Waals surface area contributed by atoms with Crippen molar-refractivity contribution in [2.24, 2.45) is 17.0 Å². The zero-order valence-electron chi connectivity index (χ0n) is 13.6. The van der Waals surface area contributed by atoms with Gasteiger partial charge in [-0.2, -0.15) is 0 Å². The standard InChI is InChI=1S/C17H21F2N3O3/c18-17(19)9-16(17)7-5-11(6-8-16)10-1-3-12(4-2-10)25-14(22-21)13(20)15(23)24/h1-4,11,22H,5-9,20-21H2,(H,23,24)/b14-13+. The molecule has 0 atom stereocenters. The molecule has 136 valence electrons. The summed E-state index contributed by atoms with van der Waals surface area (Å²) in [7, 11) is 0. The Kier molecular flexibility index (Phi) is 4.32. The zero-order chi connectivity index (χ0) is 18.2. The van der Waals surface area contributed by atoms with E-state index in [1.165, 1.54) is 0 Å². The predicted molar refractivity (Wildman–Crippen MR) is 86.4 cm³/mol. The number of halogens is 2. The molecule has 1 aromatic rings. The maximum Gasteiger partial charge on any atom is 0.357 e. The van der Waals surface area contributed by atoms with Gasteiger partial charge in [-0.25, -0.2) is 19.4 Å². The van der Waals surface area contributed by atoms with Gasteiger partial charge in [-0.05, 0) is 49.3 Å². The first-order valence-corrected chi connectivity index (χ1v) is 8.13. The molecule has 2 fully saturated rings. The third-order valence-corrected chi connectivity index (χ3v) is 5.33. The fourth-order valence-electron chi connectivity index (χ4n) is 3.61. The van der Waals surface area contributed by atoms with Crippen LogP contribution in [0, 0.1) is 5.41 Å². The molecule has 1 spiro atoms. The SMILES string of the molecule is NN/C(Oc1ccc(C2CCC3(CC2)CC3(F)F)cc1)=C(\N)C(=O)O. The normalized spacial score (nSPS) is 28.2. The minimum absolute atomic E-state index is 0.0334. The van der Waals surface area contributed by atoms with E-state index in [2.05, 4.69) is 5.43 Å². The summed E-state index contributed by atoms with van der Waals surface area (Å²) >= 11 is 0. The summed E-state index contributed by atoms with van der Waals surface area (Å²) in [4.78, 5) is 10.8. The third-order valence-electron chi connectivity index (χ3n) is 5.33. The van der Waals surface area contributed by atoms with Crippen LogP contribution in [0.5, 0.6) is 5.75 Å². The Hall–Kier alpha value is -2.35. The fraction of sp³-hybridized carbons (Fsp3) is 0.471. The van der Waals surface area contributed by atoms with Gasteiger partial charge < -0.3 is 15.6 Å². The molecule has 0 aliphatic heterocycles. The highest BCUT2D eigenvalue weighted by Gasteiger charge is 2.70. The number of carbonyl (C=O) groups is 1. The number of nitrogens with one attached hydrogen (secondary N) is 1. The molecule has 0 aromatic heterocycles. The number of benzene rings is 1. The van der Waals surface area contributed by atoms with Gasteiger partial charge in [0.15, 0.2) is 5.70 Å². The maximum absolute atomic E-state index is 13.4. The molecule has 0 radical (unpaired) electrons. The first kappa shape index (κ1) is 17.5. The van der Waals surface area contributed by atoms with Crippen molar-refractivity contribution in [3.05, 3.63) is 41.4 Å². The van der Waals surface area contributed by atoms with Gasteiger partial charge >= 0.3 is 5.97 Å². The average molecular weight is 353 g/mol. The van der Waals surface area contributed by atoms with E-state index < -0.39 is 23.0 Å². The van der Waals surface area contributed by atoms with E-state index >= 15 is 0 Å². The van der Waals surface area contributed by atoms with Crippen molar-refractivity contribution in [3.8, 4) is 5.75 Å². The Morgan fingerprint density at radius 2 is 1.80 bits per heavy atom. The van der Waals surface area contributed by atoms with Gasteiger partial charge in [0.05, 0.1) is 0 Å². The lowest BCUT2D eigenvalue weighted by Crippen LogP contribution is -2.31. The van der Waals surface area contributed by atoms with Crippen LogP contribution < -0.4 is 21.7 Å². The summed E-state index contributed by atoms with van der Waals surface area (Å²) in [5.41, 5.74) is 7.27. The van der Waals surface area contributed by atoms with Crippen molar-refractivity contribution in [1.29, 1.82) is 0 Å². The van der Waals surface area contributed by atoms with Gasteiger partial charge in [0.2, 0.25) is 5.88 Å². The molecule has 0 bridgehead atoms. The number of hydrogen-bond acceptors (Lipinski definition) is 5. The second-order valence-electron chi connectivity index (χ2n) is 6.80. The Morgan fingerprint density at radius 1 is 1.24 bits per heavy atom. The number of carboxylic acid groups (broad SMARTS) is 1. The Balaban J connectivity index is 1.63. The van der Waals surface area contributed by atoms with Crippen LogP contribution in [0.2, 0.25) is 0 Å². The van der Waals surface area contributed by atoms with Crippen LogP contribution in [0.4, 0.5) is 8.78 Å². The zero-order valence-corrected chi connectivity index (χ0v) is 13.6. The number of alkyl halides is 2. The van der Waals surface area contributed by atoms with Crippen molar-refractivity contribution in [1.82, 2.24) is 5.43 Å². The van der Waals surface area contributed by atoms with E-state index in [9.17, 15) is 13.6 Å². The Morgan fingerprint density at radius 3 is 2.24 bits per heavy atom. The predicted octanol–water partition coefficient (Wildman–Crippen LogP) is 2.42. The smallest absolute Gasteiger partial charge is 0.357 e. The largest absolute Gasteiger partial charge is 0.476 e. The molecule has 2 aliphatic carbocycles. The van der Waals surface area contributed by atoms with Gasteiger partial charge in [-0.1, -0.05) is 12.1 Å². The summed E-state index contributed by atoms with van der Waals surface area (Å²) in [6, 6.07) is 7.07. The lowest BCUT2D eigenvalue weighted by molar-refractivity contribution is -0.132. The fourth-order valence-corrected chi connectivity index (χ4v) is 3.61. The van der Waals surface area contributed by atoms with E-state index in [0.29, 0.717) is 18.6 Å². The second-order valence-corrected chi connectivity index (χ2v) is 6.80. The van der Waals surface area contributed by atoms with Crippen molar-refractivity contribution in [2.75, 3.05) is 0 Å². The summed E-state index contributed by atoms with van der Waals surface area (Å²) < 4.78 is 32.2. The first-order chi connectivity index (χ1) is 11.8. The molecular formula is C17H21F2N3O3. The molecule has 1 aromatic carbocycles. The van der Waals surface area contributed by atoms with Gasteiger partial charge in [-0.15, -0.1) is 0 Å². The molecule has 3 rings (SSSR count). The minimum Gasteiger partial charge on any atom is -0.476 e. The van der Waals surface area contributed by atoms with Crippen molar-refractivity contribution in [3.63, 3.8) is 0 Å². The highest BCUT2D eigenvalue weighted by Crippen LogP contribution is 2.68. The number of nitrogens with two attached hydrogens (primary N) is 2. The number of rotatable bonds is 5. The number of aliphatic carboxylic acids is 1. The molecule has 0 saturated heterocycles. The summed E-state index contributed by atoms with van der Waals surface area (Å²) in [5, 5.41) is 8.85. The molecular weight excluding hydrogens is 332 g/mol. The van der Waals surface area contributed by atoms with E-state index in [1.54, 1.807) is 12.1 Å². The first-order valence-electron chi connectivity index (χ1n) is 8.13. The monoisotopic (exact) mass is 353 g/mol. The highest BCUT2D eigenvalue weighted by molar-refractivity contribution is 5.85. The molecule has 6 N–H and O–H groups in total. The van der Waals surface area contributed by atoms with E-state index in [4.69, 9.17) is 21.4 Å². The number of hydrogen-bond donors (Lipinski definition) is 4. The Labute approximate surface area is 143 Å². The highest BCUT2D eigenvalue weighted by atomic mass is 19.3. The lowest BCUT2D eigenvalue weighted by Gasteiger charge is -2.29. The van der Waals surface area contributed by atoms with E-state index in [1.807, 2.05) is 12.1 Å². The molecule has 25 heavy (non-hydrogen) atoms. The molecule has 6 nitrogen and oxygen atoms in total. The quantitative estimate of drug-likeness (QED) is 0.280. The molecule has 2 saturated carbocycles. The second kappa shape index (κ2) is 6.18. The van der Waals surface area contributed by atoms with Crippen LogP contribution in [0.3, 0.4) is 0 Å². The molecule has 0 amide bonds. The topological polar surface area (TPSA) is 111 Å². The molecule has 8 heteroatoms. The minimum atomic E-state index is -2.47. The number of carboxylic acids is 1. The van der Waals surface area contributed by atoms with Crippen LogP contribution >= 0.6 is 0 Å². The van der Waals surface area contributed by atoms with Crippen LogP contribution in [-0.4, -0.2) is 17.0 Å². The van der Waals surface area contributed by atoms with Crippen molar-refractivity contribution in [2.45, 2.75) is 43.9 Å². The maximum atomic E-state index is 13.4. The Bertz CT molecular complexity index is 696. The van der Waals surface area contributed by atoms with Gasteiger partial charge in [0, 0.05) is 11.8 Å². The van der Waals surface area contributed by atoms with E-state index in [0.717, 1.165) is 18.4 Å². The summed E-state index contributed by atoms with van der Waals surface area (Å²) in [6.07, 6.45) is 2.64. The van der Waals surface area contributed by atoms with E-state index in [-0.39, 0.29) is 18.2 Å². The number of ether oxygens (including phenoxy) is 1. The van der Waals surface area contributed by atoms with Crippen LogP contribution in [0.15, 0.2) is 35.8 Å². The molecule has 0 heterocycles. The molecule has 0 unspecified atom stereocenters. The van der Waals surface area contributed by atoms with Crippen LogP contribution in [0.25, 0.3) is 0 Å². The van der Waals surface area contributed by atoms with Gasteiger partial charge in [0.25, 0.3) is 5.92 Å². The summed E-state index contributed by atoms with van der Waals surface area (Å²) in [6.45, 7) is 0. The third kappa shape index (κ3) is 3.26. The van der Waals surface area contributed by atoms with Gasteiger partial charge in [0.1, 0.15) is 5.75 Å². The lowest BCUT2D eigenvalue weighted by atomic mass is 9.76.